The van der Waals surface area contributed by atoms with Gasteiger partial charge < -0.3 is 9.64 Å². The Labute approximate surface area is 121 Å². The van der Waals surface area contributed by atoms with Gasteiger partial charge in [0.2, 0.25) is 0 Å². The highest BCUT2D eigenvalue weighted by Gasteiger charge is 2.17. The molecule has 0 amide bonds. The molecular formula is C13H17IN2O2. The first-order valence-corrected chi connectivity index (χ1v) is 7.21. The van der Waals surface area contributed by atoms with Gasteiger partial charge in [0.1, 0.15) is 11.4 Å². The van der Waals surface area contributed by atoms with Crippen LogP contribution in [-0.4, -0.2) is 31.6 Å². The van der Waals surface area contributed by atoms with Gasteiger partial charge in [0.05, 0.1) is 10.2 Å². The van der Waals surface area contributed by atoms with Crippen LogP contribution in [0.1, 0.15) is 12.8 Å². The maximum Gasteiger partial charge on any atom is 0.132 e. The summed E-state index contributed by atoms with van der Waals surface area (Å²) in [6.45, 7) is 3.07. The monoisotopic (exact) mass is 360 g/mol. The van der Waals surface area contributed by atoms with Crippen LogP contribution in [0.15, 0.2) is 23.4 Å². The molecule has 98 valence electrons. The van der Waals surface area contributed by atoms with Gasteiger partial charge >= 0.3 is 0 Å². The van der Waals surface area contributed by atoms with Gasteiger partial charge in [-0.3, -0.25) is 0 Å². The molecule has 0 spiro atoms. The van der Waals surface area contributed by atoms with E-state index in [1.54, 1.807) is 12.1 Å². The predicted octanol–water partition coefficient (Wildman–Crippen LogP) is 3.41. The minimum atomic E-state index is 0.450. The van der Waals surface area contributed by atoms with Crippen molar-refractivity contribution < 1.29 is 4.74 Å². The van der Waals surface area contributed by atoms with Crippen LogP contribution in [0.2, 0.25) is 0 Å². The standard InChI is InChI=1S/C13H17IN2O2/c1-16-6-4-10(5-7-16)9-18-13-3-2-11(15-17)8-12(13)14/h2-3,8,10H,4-7,9H2,1H3. The van der Waals surface area contributed by atoms with Gasteiger partial charge in [-0.1, -0.05) is 0 Å². The minimum Gasteiger partial charge on any atom is -0.492 e. The number of piperidine rings is 1. The summed E-state index contributed by atoms with van der Waals surface area (Å²) in [4.78, 5) is 12.8. The molecule has 1 aromatic carbocycles. The van der Waals surface area contributed by atoms with Crippen LogP contribution in [0.25, 0.3) is 0 Å². The third-order valence-electron chi connectivity index (χ3n) is 3.33. The predicted molar refractivity (Wildman–Crippen MR) is 80.3 cm³/mol. The van der Waals surface area contributed by atoms with Crippen molar-refractivity contribution in [1.29, 1.82) is 0 Å². The Balaban J connectivity index is 1.88. The number of hydrogen-bond acceptors (Lipinski definition) is 4. The van der Waals surface area contributed by atoms with Crippen molar-refractivity contribution in [3.63, 3.8) is 0 Å². The fourth-order valence-electron chi connectivity index (χ4n) is 2.10. The highest BCUT2D eigenvalue weighted by Crippen LogP contribution is 2.27. The van der Waals surface area contributed by atoms with E-state index in [-0.39, 0.29) is 0 Å². The van der Waals surface area contributed by atoms with E-state index in [1.807, 2.05) is 6.07 Å². The molecule has 1 heterocycles. The molecule has 5 heteroatoms. The zero-order valence-electron chi connectivity index (χ0n) is 10.4. The molecule has 4 nitrogen and oxygen atoms in total. The Morgan fingerprint density at radius 2 is 2.17 bits per heavy atom. The fraction of sp³-hybridized carbons (Fsp3) is 0.538. The quantitative estimate of drug-likeness (QED) is 0.611. The van der Waals surface area contributed by atoms with Gasteiger partial charge in [0, 0.05) is 0 Å². The lowest BCUT2D eigenvalue weighted by Gasteiger charge is -2.28. The minimum absolute atomic E-state index is 0.450. The molecule has 0 radical (unpaired) electrons. The highest BCUT2D eigenvalue weighted by molar-refractivity contribution is 14.1. The van der Waals surface area contributed by atoms with Crippen molar-refractivity contribution in [2.24, 2.45) is 11.1 Å². The van der Waals surface area contributed by atoms with Gasteiger partial charge in [0.25, 0.3) is 0 Å². The Hall–Kier alpha value is -0.690. The van der Waals surface area contributed by atoms with Crippen LogP contribution in [0.3, 0.4) is 0 Å². The largest absolute Gasteiger partial charge is 0.492 e. The molecule has 0 atom stereocenters. The summed E-state index contributed by atoms with van der Waals surface area (Å²) in [6.07, 6.45) is 2.39. The third kappa shape index (κ3) is 3.65. The lowest BCUT2D eigenvalue weighted by Crippen LogP contribution is -2.32. The summed E-state index contributed by atoms with van der Waals surface area (Å²) in [5.74, 6) is 1.49. The number of nitroso groups, excluding NO2 is 1. The van der Waals surface area contributed by atoms with Crippen molar-refractivity contribution >= 4 is 28.3 Å². The number of halogens is 1. The summed E-state index contributed by atoms with van der Waals surface area (Å²) in [5, 5.41) is 2.91. The topological polar surface area (TPSA) is 41.9 Å². The summed E-state index contributed by atoms with van der Waals surface area (Å²) in [7, 11) is 2.16. The number of ether oxygens (including phenoxy) is 1. The van der Waals surface area contributed by atoms with Gasteiger partial charge in [-0.25, -0.2) is 0 Å². The molecule has 0 saturated carbocycles. The van der Waals surface area contributed by atoms with Gasteiger partial charge in [-0.15, -0.1) is 4.91 Å². The van der Waals surface area contributed by atoms with E-state index < -0.39 is 0 Å². The number of rotatable bonds is 4. The molecule has 1 saturated heterocycles. The molecule has 1 fully saturated rings. The second-order valence-electron chi connectivity index (χ2n) is 4.76. The van der Waals surface area contributed by atoms with Crippen molar-refractivity contribution in [2.75, 3.05) is 26.7 Å². The summed E-state index contributed by atoms with van der Waals surface area (Å²) in [5.41, 5.74) is 0.450. The first kappa shape index (κ1) is 13.7. The first-order valence-electron chi connectivity index (χ1n) is 6.13. The molecule has 1 aliphatic heterocycles. The lowest BCUT2D eigenvalue weighted by atomic mass is 9.98. The zero-order chi connectivity index (χ0) is 13.0. The third-order valence-corrected chi connectivity index (χ3v) is 4.18. The summed E-state index contributed by atoms with van der Waals surface area (Å²) >= 11 is 2.17. The Kier molecular flexibility index (Phi) is 4.94. The van der Waals surface area contributed by atoms with Crippen molar-refractivity contribution in [2.45, 2.75) is 12.8 Å². The summed E-state index contributed by atoms with van der Waals surface area (Å²) < 4.78 is 6.78. The molecule has 0 aliphatic carbocycles. The number of hydrogen-bond donors (Lipinski definition) is 0. The number of nitrogens with zero attached hydrogens (tertiary/aromatic N) is 2. The molecule has 1 aliphatic rings. The number of likely N-dealkylation sites (tertiary alicyclic amines) is 1. The highest BCUT2D eigenvalue weighted by atomic mass is 127. The Morgan fingerprint density at radius 1 is 1.44 bits per heavy atom. The van der Waals surface area contributed by atoms with E-state index in [0.29, 0.717) is 11.6 Å². The lowest BCUT2D eigenvalue weighted by molar-refractivity contribution is 0.159. The molecule has 18 heavy (non-hydrogen) atoms. The van der Waals surface area contributed by atoms with E-state index in [2.05, 4.69) is 39.7 Å². The fourth-order valence-corrected chi connectivity index (χ4v) is 2.75. The molecule has 0 bridgehead atoms. The molecular weight excluding hydrogens is 343 g/mol. The maximum atomic E-state index is 10.4. The van der Waals surface area contributed by atoms with Crippen molar-refractivity contribution in [3.05, 3.63) is 26.7 Å². The SMILES string of the molecule is CN1CCC(COc2ccc(N=O)cc2I)CC1. The maximum absolute atomic E-state index is 10.4. The van der Waals surface area contributed by atoms with E-state index in [4.69, 9.17) is 4.74 Å². The van der Waals surface area contributed by atoms with Crippen LogP contribution in [-0.2, 0) is 0 Å². The van der Waals surface area contributed by atoms with E-state index in [9.17, 15) is 4.91 Å². The smallest absolute Gasteiger partial charge is 0.132 e. The van der Waals surface area contributed by atoms with Crippen LogP contribution < -0.4 is 4.74 Å². The second kappa shape index (κ2) is 6.47. The number of benzene rings is 1. The average molecular weight is 360 g/mol. The van der Waals surface area contributed by atoms with Gasteiger partial charge in [-0.05, 0) is 84.9 Å². The van der Waals surface area contributed by atoms with Crippen molar-refractivity contribution in [3.8, 4) is 5.75 Å². The first-order chi connectivity index (χ1) is 8.69. The van der Waals surface area contributed by atoms with E-state index in [1.165, 1.54) is 12.8 Å². The molecule has 0 unspecified atom stereocenters. The molecule has 2 rings (SSSR count). The second-order valence-corrected chi connectivity index (χ2v) is 5.93. The zero-order valence-corrected chi connectivity index (χ0v) is 12.6. The summed E-state index contributed by atoms with van der Waals surface area (Å²) in [6, 6.07) is 5.27. The molecule has 0 N–H and O–H groups in total. The average Bonchev–Trinajstić information content (AvgIpc) is 2.39. The van der Waals surface area contributed by atoms with Gasteiger partial charge in [-0.2, -0.15) is 0 Å². The molecule has 0 aromatic heterocycles. The van der Waals surface area contributed by atoms with Crippen LogP contribution in [0, 0.1) is 14.4 Å². The molecule has 1 aromatic rings. The van der Waals surface area contributed by atoms with Crippen LogP contribution >= 0.6 is 22.6 Å². The van der Waals surface area contributed by atoms with Crippen LogP contribution in [0.5, 0.6) is 5.75 Å². The van der Waals surface area contributed by atoms with E-state index in [0.717, 1.165) is 29.0 Å². The van der Waals surface area contributed by atoms with Gasteiger partial charge in [0.15, 0.2) is 0 Å². The van der Waals surface area contributed by atoms with Crippen molar-refractivity contribution in [1.82, 2.24) is 4.90 Å². The van der Waals surface area contributed by atoms with Crippen LogP contribution in [0.4, 0.5) is 5.69 Å². The normalized spacial score (nSPS) is 17.7. The van der Waals surface area contributed by atoms with E-state index >= 15 is 0 Å². The Bertz CT molecular complexity index is 417. The Morgan fingerprint density at radius 3 is 2.78 bits per heavy atom.